The second-order valence-electron chi connectivity index (χ2n) is 2.10. The summed E-state index contributed by atoms with van der Waals surface area (Å²) in [5.74, 6) is 0.855. The number of nitrogens with zero attached hydrogens (tertiary/aromatic N) is 1. The Morgan fingerprint density at radius 3 is 2.60 bits per heavy atom. The maximum Gasteiger partial charge on any atom is 0.186 e. The van der Waals surface area contributed by atoms with Crippen molar-refractivity contribution in [1.29, 1.82) is 0 Å². The van der Waals surface area contributed by atoms with Crippen molar-refractivity contribution in [2.45, 2.75) is 25.5 Å². The molecule has 1 atom stereocenters. The van der Waals surface area contributed by atoms with Crippen LogP contribution >= 0.6 is 11.8 Å². The van der Waals surface area contributed by atoms with Gasteiger partial charge in [-0.3, -0.25) is 0 Å². The number of guanidine groups is 1. The van der Waals surface area contributed by atoms with Crippen molar-refractivity contribution < 1.29 is 0 Å². The molecule has 0 heterocycles. The van der Waals surface area contributed by atoms with Gasteiger partial charge in [-0.25, -0.2) is 4.99 Å². The minimum Gasteiger partial charge on any atom is -0.370 e. The van der Waals surface area contributed by atoms with Gasteiger partial charge in [0.2, 0.25) is 0 Å². The molecule has 10 heavy (non-hydrogen) atoms. The quantitative estimate of drug-likeness (QED) is 0.472. The first-order valence-electron chi connectivity index (χ1n) is 3.33. The van der Waals surface area contributed by atoms with Crippen molar-refractivity contribution in [3.8, 4) is 0 Å². The van der Waals surface area contributed by atoms with Gasteiger partial charge in [-0.15, -0.1) is 11.8 Å². The average Bonchev–Trinajstić information content (AvgIpc) is 1.87. The monoisotopic (exact) mass is 161 g/mol. The molecule has 0 saturated carbocycles. The van der Waals surface area contributed by atoms with E-state index >= 15 is 0 Å². The lowest BCUT2D eigenvalue weighted by Crippen LogP contribution is -2.22. The molecule has 0 aliphatic rings. The standard InChI is InChI=1S/C6H15N3S/c1-3-5(2)10-4-9-6(7)8/h5H,3-4H2,1-2H3,(H4,7,8,9). The number of aliphatic imine (C=N–C) groups is 1. The van der Waals surface area contributed by atoms with Gasteiger partial charge in [0.1, 0.15) is 0 Å². The zero-order chi connectivity index (χ0) is 7.98. The summed E-state index contributed by atoms with van der Waals surface area (Å²) in [6.45, 7) is 4.31. The molecule has 3 nitrogen and oxygen atoms in total. The van der Waals surface area contributed by atoms with Gasteiger partial charge in [0.05, 0.1) is 5.88 Å². The van der Waals surface area contributed by atoms with E-state index in [-0.39, 0.29) is 5.96 Å². The fourth-order valence-corrected chi connectivity index (χ4v) is 1.07. The summed E-state index contributed by atoms with van der Waals surface area (Å²) < 4.78 is 0. The van der Waals surface area contributed by atoms with E-state index in [0.717, 1.165) is 6.42 Å². The van der Waals surface area contributed by atoms with Crippen LogP contribution in [0.1, 0.15) is 20.3 Å². The first kappa shape index (κ1) is 9.62. The van der Waals surface area contributed by atoms with Gasteiger partial charge < -0.3 is 11.5 Å². The molecular weight excluding hydrogens is 146 g/mol. The average molecular weight is 161 g/mol. The smallest absolute Gasteiger partial charge is 0.186 e. The van der Waals surface area contributed by atoms with E-state index in [4.69, 9.17) is 11.5 Å². The Hall–Kier alpha value is -0.380. The molecule has 0 aromatic rings. The molecule has 1 unspecified atom stereocenters. The fraction of sp³-hybridized carbons (Fsp3) is 0.833. The first-order valence-corrected chi connectivity index (χ1v) is 4.38. The van der Waals surface area contributed by atoms with Crippen molar-refractivity contribution in [2.24, 2.45) is 16.5 Å². The van der Waals surface area contributed by atoms with E-state index < -0.39 is 0 Å². The largest absolute Gasteiger partial charge is 0.370 e. The summed E-state index contributed by atoms with van der Waals surface area (Å²) in [6.07, 6.45) is 1.16. The molecule has 4 heteroatoms. The van der Waals surface area contributed by atoms with Crippen LogP contribution in [0, 0.1) is 0 Å². The lowest BCUT2D eigenvalue weighted by molar-refractivity contribution is 0.905. The van der Waals surface area contributed by atoms with Crippen LogP contribution in [-0.2, 0) is 0 Å². The van der Waals surface area contributed by atoms with E-state index in [1.807, 2.05) is 0 Å². The maximum absolute atomic E-state index is 5.13. The maximum atomic E-state index is 5.13. The molecule has 0 fully saturated rings. The van der Waals surface area contributed by atoms with Gasteiger partial charge in [-0.2, -0.15) is 0 Å². The SMILES string of the molecule is CCC(C)SCN=C(N)N. The molecule has 0 radical (unpaired) electrons. The third-order valence-corrected chi connectivity index (χ3v) is 2.36. The molecule has 0 aliphatic heterocycles. The molecule has 0 spiro atoms. The van der Waals surface area contributed by atoms with Crippen molar-refractivity contribution in [2.75, 3.05) is 5.88 Å². The summed E-state index contributed by atoms with van der Waals surface area (Å²) in [6, 6.07) is 0. The molecule has 0 rings (SSSR count). The van der Waals surface area contributed by atoms with E-state index in [2.05, 4.69) is 18.8 Å². The van der Waals surface area contributed by atoms with E-state index in [9.17, 15) is 0 Å². The Morgan fingerprint density at radius 2 is 2.20 bits per heavy atom. The Labute approximate surface area is 66.3 Å². The summed E-state index contributed by atoms with van der Waals surface area (Å²) in [5, 5.41) is 0.642. The topological polar surface area (TPSA) is 64.4 Å². The number of hydrogen-bond donors (Lipinski definition) is 2. The van der Waals surface area contributed by atoms with Gasteiger partial charge in [-0.05, 0) is 6.42 Å². The highest BCUT2D eigenvalue weighted by atomic mass is 32.2. The van der Waals surface area contributed by atoms with Crippen LogP contribution in [0.4, 0.5) is 0 Å². The highest BCUT2D eigenvalue weighted by Gasteiger charge is 1.95. The zero-order valence-electron chi connectivity index (χ0n) is 6.50. The molecule has 0 bridgehead atoms. The molecule has 0 aromatic carbocycles. The molecule has 0 amide bonds. The van der Waals surface area contributed by atoms with Crippen molar-refractivity contribution in [3.63, 3.8) is 0 Å². The van der Waals surface area contributed by atoms with Gasteiger partial charge in [-0.1, -0.05) is 13.8 Å². The van der Waals surface area contributed by atoms with Gasteiger partial charge >= 0.3 is 0 Å². The van der Waals surface area contributed by atoms with E-state index in [1.54, 1.807) is 11.8 Å². The Balaban J connectivity index is 3.28. The molecule has 0 aliphatic carbocycles. The fourth-order valence-electron chi connectivity index (χ4n) is 0.357. The highest BCUT2D eigenvalue weighted by molar-refractivity contribution is 7.99. The normalized spacial score (nSPS) is 12.6. The highest BCUT2D eigenvalue weighted by Crippen LogP contribution is 2.12. The van der Waals surface area contributed by atoms with Crippen LogP contribution in [0.25, 0.3) is 0 Å². The minimum absolute atomic E-state index is 0.177. The van der Waals surface area contributed by atoms with E-state index in [1.165, 1.54) is 0 Å². The van der Waals surface area contributed by atoms with E-state index in [0.29, 0.717) is 11.1 Å². The van der Waals surface area contributed by atoms with Crippen molar-refractivity contribution in [1.82, 2.24) is 0 Å². The summed E-state index contributed by atoms with van der Waals surface area (Å²) in [5.41, 5.74) is 10.3. The third kappa shape index (κ3) is 5.75. The van der Waals surface area contributed by atoms with Crippen LogP contribution in [-0.4, -0.2) is 17.1 Å². The predicted molar refractivity (Wildman–Crippen MR) is 48.0 cm³/mol. The number of rotatable bonds is 4. The van der Waals surface area contributed by atoms with Crippen LogP contribution in [0.15, 0.2) is 4.99 Å². The molecule has 0 aromatic heterocycles. The second kappa shape index (κ2) is 5.41. The zero-order valence-corrected chi connectivity index (χ0v) is 7.32. The van der Waals surface area contributed by atoms with Crippen molar-refractivity contribution >= 4 is 17.7 Å². The summed E-state index contributed by atoms with van der Waals surface area (Å²) in [4.78, 5) is 3.85. The van der Waals surface area contributed by atoms with Gasteiger partial charge in [0.25, 0.3) is 0 Å². The third-order valence-electron chi connectivity index (χ3n) is 1.18. The molecule has 4 N–H and O–H groups in total. The van der Waals surface area contributed by atoms with Crippen LogP contribution in [0.2, 0.25) is 0 Å². The summed E-state index contributed by atoms with van der Waals surface area (Å²) in [7, 11) is 0. The number of thioether (sulfide) groups is 1. The summed E-state index contributed by atoms with van der Waals surface area (Å²) >= 11 is 1.76. The number of hydrogen-bond acceptors (Lipinski definition) is 2. The second-order valence-corrected chi connectivity index (χ2v) is 3.49. The van der Waals surface area contributed by atoms with Crippen LogP contribution in [0.3, 0.4) is 0 Å². The minimum atomic E-state index is 0.177. The molecule has 60 valence electrons. The first-order chi connectivity index (χ1) is 4.66. The van der Waals surface area contributed by atoms with Crippen LogP contribution in [0.5, 0.6) is 0 Å². The molecular formula is C6H15N3S. The lowest BCUT2D eigenvalue weighted by Gasteiger charge is -2.03. The van der Waals surface area contributed by atoms with Crippen molar-refractivity contribution in [3.05, 3.63) is 0 Å². The van der Waals surface area contributed by atoms with Gasteiger partial charge in [0, 0.05) is 5.25 Å². The number of nitrogens with two attached hydrogens (primary N) is 2. The Kier molecular flexibility index (Phi) is 5.20. The Morgan fingerprint density at radius 1 is 1.60 bits per heavy atom. The Bertz CT molecular complexity index is 110. The van der Waals surface area contributed by atoms with Gasteiger partial charge in [0.15, 0.2) is 5.96 Å². The predicted octanol–water partition coefficient (Wildman–Crippen LogP) is 0.749. The molecule has 0 saturated heterocycles. The lowest BCUT2D eigenvalue weighted by atomic mass is 10.4. The van der Waals surface area contributed by atoms with Crippen LogP contribution < -0.4 is 11.5 Å².